The Labute approximate surface area is 183 Å². The van der Waals surface area contributed by atoms with Gasteiger partial charge in [0.1, 0.15) is 10.3 Å². The number of anilines is 1. The normalized spacial score (nSPS) is 17.1. The highest BCUT2D eigenvalue weighted by molar-refractivity contribution is 7.91. The first-order chi connectivity index (χ1) is 14.4. The fraction of sp³-hybridized carbons (Fsp3) is 0.143. The molecular weight excluding hydrogens is 444 g/mol. The average molecular weight is 461 g/mol. The number of thiophene rings is 1. The third-order valence-corrected chi connectivity index (χ3v) is 8.27. The van der Waals surface area contributed by atoms with Gasteiger partial charge in [-0.2, -0.15) is 4.31 Å². The molecule has 0 radical (unpaired) electrons. The number of amides is 2. The Morgan fingerprint density at radius 3 is 2.33 bits per heavy atom. The van der Waals surface area contributed by atoms with Crippen LogP contribution in [0.15, 0.2) is 76.3 Å². The summed E-state index contributed by atoms with van der Waals surface area (Å²) in [6.45, 7) is -0.0147. The molecule has 3 aromatic rings. The van der Waals surface area contributed by atoms with Gasteiger partial charge in [-0.1, -0.05) is 48.0 Å². The van der Waals surface area contributed by atoms with Crippen LogP contribution in [0.25, 0.3) is 0 Å². The molecule has 1 atom stereocenters. The van der Waals surface area contributed by atoms with Crippen LogP contribution < -0.4 is 4.90 Å². The lowest BCUT2D eigenvalue weighted by Crippen LogP contribution is -2.44. The maximum Gasteiger partial charge on any atom is 0.253 e. The van der Waals surface area contributed by atoms with Gasteiger partial charge in [0.05, 0.1) is 12.1 Å². The van der Waals surface area contributed by atoms with Crippen molar-refractivity contribution in [2.75, 3.05) is 4.90 Å². The van der Waals surface area contributed by atoms with Crippen molar-refractivity contribution in [3.8, 4) is 0 Å². The van der Waals surface area contributed by atoms with E-state index < -0.39 is 27.9 Å². The molecule has 1 aliphatic rings. The fourth-order valence-corrected chi connectivity index (χ4v) is 6.17. The van der Waals surface area contributed by atoms with Crippen molar-refractivity contribution >= 4 is 50.5 Å². The maximum atomic E-state index is 13.4. The summed E-state index contributed by atoms with van der Waals surface area (Å²) in [6.07, 6.45) is -0.223. The van der Waals surface area contributed by atoms with E-state index in [0.29, 0.717) is 10.7 Å². The van der Waals surface area contributed by atoms with Crippen LogP contribution in [0.1, 0.15) is 12.0 Å². The van der Waals surface area contributed by atoms with Crippen molar-refractivity contribution in [3.63, 3.8) is 0 Å². The van der Waals surface area contributed by atoms with Crippen molar-refractivity contribution in [1.29, 1.82) is 0 Å². The van der Waals surface area contributed by atoms with Crippen LogP contribution in [0.3, 0.4) is 0 Å². The second kappa shape index (κ2) is 8.31. The molecule has 0 spiro atoms. The molecule has 4 rings (SSSR count). The number of carbonyl (C=O) groups excluding carboxylic acids is 2. The van der Waals surface area contributed by atoms with Crippen LogP contribution in [0.4, 0.5) is 5.69 Å². The van der Waals surface area contributed by atoms with Crippen LogP contribution in [0.2, 0.25) is 5.02 Å². The number of halogens is 1. The van der Waals surface area contributed by atoms with E-state index in [1.807, 2.05) is 6.07 Å². The summed E-state index contributed by atoms with van der Waals surface area (Å²) < 4.78 is 28.0. The van der Waals surface area contributed by atoms with E-state index in [2.05, 4.69) is 0 Å². The van der Waals surface area contributed by atoms with Gasteiger partial charge in [0.2, 0.25) is 5.91 Å². The van der Waals surface area contributed by atoms with Gasteiger partial charge < -0.3 is 0 Å². The van der Waals surface area contributed by atoms with Gasteiger partial charge in [0, 0.05) is 11.6 Å². The van der Waals surface area contributed by atoms with E-state index in [9.17, 15) is 18.0 Å². The lowest BCUT2D eigenvalue weighted by molar-refractivity contribution is -0.122. The first-order valence-corrected chi connectivity index (χ1v) is 11.8. The van der Waals surface area contributed by atoms with Crippen molar-refractivity contribution in [2.24, 2.45) is 0 Å². The molecule has 2 heterocycles. The summed E-state index contributed by atoms with van der Waals surface area (Å²) in [5.41, 5.74) is 1.09. The summed E-state index contributed by atoms with van der Waals surface area (Å²) in [5.74, 6) is -1.02. The third-order valence-electron chi connectivity index (χ3n) is 4.79. The molecule has 1 fully saturated rings. The number of hydrogen-bond acceptors (Lipinski definition) is 5. The van der Waals surface area contributed by atoms with Crippen molar-refractivity contribution in [1.82, 2.24) is 4.31 Å². The molecule has 9 heteroatoms. The molecule has 6 nitrogen and oxygen atoms in total. The molecule has 2 aromatic carbocycles. The first-order valence-electron chi connectivity index (χ1n) is 9.09. The second-order valence-corrected chi connectivity index (χ2v) is 10.2. The predicted molar refractivity (Wildman–Crippen MR) is 116 cm³/mol. The molecule has 1 saturated heterocycles. The molecule has 0 N–H and O–H groups in total. The van der Waals surface area contributed by atoms with Gasteiger partial charge in [-0.15, -0.1) is 11.3 Å². The standard InChI is InChI=1S/C21H17ClN2O4S2/c22-16-8-10-17(11-9-16)24-19(25)13-18(21(24)26)23(14-15-5-2-1-3-6-15)30(27,28)20-7-4-12-29-20/h1-12,18H,13-14H2. The Morgan fingerprint density at radius 2 is 1.70 bits per heavy atom. The summed E-state index contributed by atoms with van der Waals surface area (Å²) in [4.78, 5) is 27.0. The van der Waals surface area contributed by atoms with Gasteiger partial charge in [-0.3, -0.25) is 9.59 Å². The minimum atomic E-state index is -3.98. The van der Waals surface area contributed by atoms with E-state index >= 15 is 0 Å². The third kappa shape index (κ3) is 3.91. The molecule has 1 aromatic heterocycles. The Hall–Kier alpha value is -2.52. The van der Waals surface area contributed by atoms with Gasteiger partial charge in [-0.05, 0) is 41.3 Å². The Kier molecular flexibility index (Phi) is 5.75. The molecule has 2 amide bonds. The number of carbonyl (C=O) groups is 2. The molecule has 154 valence electrons. The Morgan fingerprint density at radius 1 is 1.00 bits per heavy atom. The number of rotatable bonds is 6. The zero-order chi connectivity index (χ0) is 21.3. The highest BCUT2D eigenvalue weighted by Gasteiger charge is 2.47. The maximum absolute atomic E-state index is 13.4. The van der Waals surface area contributed by atoms with E-state index in [1.165, 1.54) is 6.07 Å². The molecule has 30 heavy (non-hydrogen) atoms. The van der Waals surface area contributed by atoms with Crippen molar-refractivity contribution < 1.29 is 18.0 Å². The van der Waals surface area contributed by atoms with E-state index in [4.69, 9.17) is 11.6 Å². The number of benzene rings is 2. The summed E-state index contributed by atoms with van der Waals surface area (Å²) in [7, 11) is -3.98. The SMILES string of the molecule is O=C1CC(N(Cc2ccccc2)S(=O)(=O)c2cccs2)C(=O)N1c1ccc(Cl)cc1. The highest BCUT2D eigenvalue weighted by atomic mass is 35.5. The minimum Gasteiger partial charge on any atom is -0.274 e. The number of sulfonamides is 1. The average Bonchev–Trinajstić information content (AvgIpc) is 3.37. The molecule has 1 aliphatic heterocycles. The van der Waals surface area contributed by atoms with Gasteiger partial charge in [-0.25, -0.2) is 13.3 Å². The van der Waals surface area contributed by atoms with Gasteiger partial charge >= 0.3 is 0 Å². The molecule has 0 aliphatic carbocycles. The largest absolute Gasteiger partial charge is 0.274 e. The number of nitrogens with zero attached hydrogens (tertiary/aromatic N) is 2. The fourth-order valence-electron chi connectivity index (χ4n) is 3.35. The lowest BCUT2D eigenvalue weighted by Gasteiger charge is -2.26. The predicted octanol–water partition coefficient (Wildman–Crippen LogP) is 3.92. The molecule has 0 bridgehead atoms. The van der Waals surface area contributed by atoms with Crippen molar-refractivity contribution in [2.45, 2.75) is 23.2 Å². The lowest BCUT2D eigenvalue weighted by atomic mass is 10.2. The monoisotopic (exact) mass is 460 g/mol. The van der Waals surface area contributed by atoms with Crippen LogP contribution in [-0.4, -0.2) is 30.6 Å². The molecular formula is C21H17ClN2O4S2. The van der Waals surface area contributed by atoms with Crippen LogP contribution in [0, 0.1) is 0 Å². The first kappa shape index (κ1) is 20.7. The number of imide groups is 1. The van der Waals surface area contributed by atoms with Crippen LogP contribution >= 0.6 is 22.9 Å². The van der Waals surface area contributed by atoms with Gasteiger partial charge in [0.15, 0.2) is 0 Å². The zero-order valence-electron chi connectivity index (χ0n) is 15.6. The Balaban J connectivity index is 1.73. The molecule has 1 unspecified atom stereocenters. The highest BCUT2D eigenvalue weighted by Crippen LogP contribution is 2.32. The van der Waals surface area contributed by atoms with Crippen LogP contribution in [0.5, 0.6) is 0 Å². The second-order valence-electron chi connectivity index (χ2n) is 6.73. The van der Waals surface area contributed by atoms with E-state index in [0.717, 1.165) is 26.1 Å². The quantitative estimate of drug-likeness (QED) is 0.522. The number of hydrogen-bond donors (Lipinski definition) is 0. The topological polar surface area (TPSA) is 74.8 Å². The van der Waals surface area contributed by atoms with E-state index in [1.54, 1.807) is 60.0 Å². The van der Waals surface area contributed by atoms with Crippen molar-refractivity contribution in [3.05, 3.63) is 82.7 Å². The van der Waals surface area contributed by atoms with E-state index in [-0.39, 0.29) is 17.2 Å². The summed E-state index contributed by atoms with van der Waals surface area (Å²) in [6, 6.07) is 17.3. The summed E-state index contributed by atoms with van der Waals surface area (Å²) >= 11 is 6.98. The van der Waals surface area contributed by atoms with Gasteiger partial charge in [0.25, 0.3) is 15.9 Å². The smallest absolute Gasteiger partial charge is 0.253 e. The van der Waals surface area contributed by atoms with Crippen LogP contribution in [-0.2, 0) is 26.2 Å². The Bertz CT molecular complexity index is 1160. The minimum absolute atomic E-state index is 0.0147. The zero-order valence-corrected chi connectivity index (χ0v) is 18.0. The molecule has 0 saturated carbocycles. The summed E-state index contributed by atoms with van der Waals surface area (Å²) in [5, 5.41) is 2.13.